The zero-order valence-corrected chi connectivity index (χ0v) is 2.36. The molecule has 0 aliphatic carbocycles. The van der Waals surface area contributed by atoms with Crippen LogP contribution >= 0.6 is 0 Å². The summed E-state index contributed by atoms with van der Waals surface area (Å²) in [5, 5.41) is 0. The van der Waals surface area contributed by atoms with Gasteiger partial charge in [-0.25, -0.2) is 0 Å². The van der Waals surface area contributed by atoms with E-state index < -0.39 is 6.50 Å². The normalized spacial score (nSPS) is 18.5. The summed E-state index contributed by atoms with van der Waals surface area (Å²) in [7, 11) is 0. The molecule has 0 fully saturated rings. The lowest BCUT2D eigenvalue weighted by molar-refractivity contribution is 0.976. The monoisotopic (exact) mass is 62.1 g/mol. The van der Waals surface area contributed by atoms with Crippen molar-refractivity contribution in [2.75, 3.05) is 13.0 Å². The lowest BCUT2D eigenvalue weighted by Gasteiger charge is -1.72. The van der Waals surface area contributed by atoms with Crippen LogP contribution in [0.4, 0.5) is 0 Å². The molecule has 0 saturated carbocycles. The Balaban J connectivity index is 3.17. The summed E-state index contributed by atoms with van der Waals surface area (Å²) in [6.07, 6.45) is 0. The van der Waals surface area contributed by atoms with Crippen LogP contribution in [0.2, 0.25) is 0 Å². The molecule has 0 radical (unpaired) electrons. The van der Waals surface area contributed by atoms with Crippen molar-refractivity contribution in [2.24, 2.45) is 11.5 Å². The fourth-order valence-electron chi connectivity index (χ4n) is 0. The summed E-state index contributed by atoms with van der Waals surface area (Å²) in [6, 6.07) is 0. The minimum absolute atomic E-state index is 0.118. The van der Waals surface area contributed by atoms with Gasteiger partial charge < -0.3 is 11.5 Å². The average molecular weight is 62.1 g/mol. The molecule has 4 N–H and O–H groups in total. The van der Waals surface area contributed by atoms with E-state index in [1.54, 1.807) is 0 Å². The lowest BCUT2D eigenvalue weighted by atomic mass is 10.7. The third-order valence-electron chi connectivity index (χ3n) is 0.118. The summed E-state index contributed by atoms with van der Waals surface area (Å²) in [4.78, 5) is 0. The fraction of sp³-hybridized carbons (Fsp3) is 1.00. The molecule has 0 spiro atoms. The Kier molecular flexibility index (Phi) is 1.01. The second kappa shape index (κ2) is 2.92. The smallest absolute Gasteiger partial charge is 0.0439 e. The highest BCUT2D eigenvalue weighted by Gasteiger charge is 1.54. The van der Waals surface area contributed by atoms with Crippen LogP contribution in [-0.2, 0) is 0 Å². The molecule has 0 atom stereocenters. The molecule has 26 valence electrons. The van der Waals surface area contributed by atoms with Crippen LogP contribution in [0.3, 0.4) is 0 Å². The van der Waals surface area contributed by atoms with E-state index in [1.165, 1.54) is 0 Å². The largest absolute Gasteiger partial charge is 0.329 e. The summed E-state index contributed by atoms with van der Waals surface area (Å²) in [6.45, 7) is -1.80. The van der Waals surface area contributed by atoms with Crippen molar-refractivity contribution in [1.82, 2.24) is 0 Å². The maximum absolute atomic E-state index is 6.50. The van der Waals surface area contributed by atoms with Gasteiger partial charge in [-0.1, -0.05) is 0 Å². The van der Waals surface area contributed by atoms with Crippen molar-refractivity contribution >= 4 is 0 Å². The van der Waals surface area contributed by atoms with Crippen molar-refractivity contribution in [2.45, 2.75) is 0 Å². The molecule has 0 amide bonds. The molecule has 0 bridgehead atoms. The van der Waals surface area contributed by atoms with Gasteiger partial charge in [0.2, 0.25) is 0 Å². The fourth-order valence-corrected chi connectivity index (χ4v) is 0. The van der Waals surface area contributed by atoms with Gasteiger partial charge in [-0.3, -0.25) is 0 Å². The molecule has 0 unspecified atom stereocenters. The lowest BCUT2D eigenvalue weighted by Crippen LogP contribution is -2.11. The number of nitrogens with two attached hydrogens (primary N) is 2. The molecule has 0 saturated heterocycles. The Bertz CT molecular complexity index is 39.3. The minimum Gasteiger partial charge on any atom is -0.329 e. The van der Waals surface area contributed by atoms with Crippen molar-refractivity contribution in [1.29, 1.82) is 0 Å². The zero-order chi connectivity index (χ0) is 5.21. The van der Waals surface area contributed by atoms with Crippen LogP contribution in [0.15, 0.2) is 0 Å². The molecule has 2 nitrogen and oxygen atoms in total. The van der Waals surface area contributed by atoms with E-state index in [9.17, 15) is 0 Å². The van der Waals surface area contributed by atoms with E-state index in [1.807, 2.05) is 0 Å². The third kappa shape index (κ3) is 1.92. The molecule has 4 heavy (non-hydrogen) atoms. The zero-order valence-electron chi connectivity index (χ0n) is 4.36. The molecule has 0 aromatic rings. The highest BCUT2D eigenvalue weighted by atomic mass is 14.6. The van der Waals surface area contributed by atoms with Crippen LogP contribution in [0.5, 0.6) is 0 Å². The van der Waals surface area contributed by atoms with Crippen molar-refractivity contribution in [3.63, 3.8) is 0 Å². The Labute approximate surface area is 28.6 Å². The second-order valence-corrected chi connectivity index (χ2v) is 0.408. The van der Waals surface area contributed by atoms with Crippen LogP contribution < -0.4 is 11.5 Å². The molecule has 0 aromatic carbocycles. The van der Waals surface area contributed by atoms with E-state index in [2.05, 4.69) is 0 Å². The number of hydrogen-bond acceptors (Lipinski definition) is 2. The van der Waals surface area contributed by atoms with Gasteiger partial charge in [-0.2, -0.15) is 0 Å². The predicted octanol–water partition coefficient (Wildman–Crippen LogP) is -1.10. The van der Waals surface area contributed by atoms with Gasteiger partial charge in [0.05, 0.1) is 0 Å². The van der Waals surface area contributed by atoms with Gasteiger partial charge in [-0.15, -0.1) is 0 Å². The van der Waals surface area contributed by atoms with Gasteiger partial charge >= 0.3 is 0 Å². The Morgan fingerprint density at radius 1 is 1.75 bits per heavy atom. The number of hydrogen-bond donors (Lipinski definition) is 2. The van der Waals surface area contributed by atoms with Crippen molar-refractivity contribution in [3.8, 4) is 0 Å². The number of rotatable bonds is 1. The van der Waals surface area contributed by atoms with E-state index >= 15 is 0 Å². The van der Waals surface area contributed by atoms with Crippen LogP contribution in [-0.4, -0.2) is 13.0 Å². The van der Waals surface area contributed by atoms with E-state index in [0.29, 0.717) is 0 Å². The van der Waals surface area contributed by atoms with E-state index in [-0.39, 0.29) is 6.54 Å². The SMILES string of the molecule is [2H]C([2H])(N)CN. The van der Waals surface area contributed by atoms with E-state index in [0.717, 1.165) is 0 Å². The molecule has 0 rings (SSSR count). The Hall–Kier alpha value is -0.0800. The van der Waals surface area contributed by atoms with Gasteiger partial charge in [0.1, 0.15) is 0 Å². The van der Waals surface area contributed by atoms with Crippen LogP contribution in [0.1, 0.15) is 2.74 Å². The summed E-state index contributed by atoms with van der Waals surface area (Å²) in [5.74, 6) is 0. The minimum atomic E-state index is -1.68. The highest BCUT2D eigenvalue weighted by molar-refractivity contribution is 4.26. The van der Waals surface area contributed by atoms with E-state index in [4.69, 9.17) is 14.2 Å². The second-order valence-electron chi connectivity index (χ2n) is 0.408. The van der Waals surface area contributed by atoms with Gasteiger partial charge in [0.15, 0.2) is 0 Å². The standard InChI is InChI=1S/C2H8N2/c3-1-2-4/h1-4H2/i1D2. The maximum Gasteiger partial charge on any atom is 0.0439 e. The first kappa shape index (κ1) is 1.38. The highest BCUT2D eigenvalue weighted by Crippen LogP contribution is 1.24. The Morgan fingerprint density at radius 2 is 2.00 bits per heavy atom. The first-order valence-electron chi connectivity index (χ1n) is 2.05. The molecule has 0 heterocycles. The van der Waals surface area contributed by atoms with Gasteiger partial charge in [0, 0.05) is 15.8 Å². The predicted molar refractivity (Wildman–Crippen MR) is 18.1 cm³/mol. The first-order valence-corrected chi connectivity index (χ1v) is 1.05. The van der Waals surface area contributed by atoms with Gasteiger partial charge in [-0.05, 0) is 0 Å². The summed E-state index contributed by atoms with van der Waals surface area (Å²) < 4.78 is 13.0. The van der Waals surface area contributed by atoms with Crippen molar-refractivity contribution in [3.05, 3.63) is 0 Å². The van der Waals surface area contributed by atoms with Crippen LogP contribution in [0.25, 0.3) is 0 Å². The summed E-state index contributed by atoms with van der Waals surface area (Å²) >= 11 is 0. The molecule has 0 aliphatic heterocycles. The molecular formula is C2H8N2. The maximum atomic E-state index is 6.50. The van der Waals surface area contributed by atoms with Gasteiger partial charge in [0.25, 0.3) is 0 Å². The van der Waals surface area contributed by atoms with Crippen LogP contribution in [0, 0.1) is 0 Å². The Morgan fingerprint density at radius 3 is 2.00 bits per heavy atom. The third-order valence-corrected chi connectivity index (χ3v) is 0.118. The topological polar surface area (TPSA) is 52.0 Å². The molecule has 0 aromatic heterocycles. The quantitative estimate of drug-likeness (QED) is 0.405. The molecule has 0 aliphatic rings. The van der Waals surface area contributed by atoms with Crippen molar-refractivity contribution < 1.29 is 2.74 Å². The average Bonchev–Trinajstić information content (AvgIpc) is 1.35. The first-order chi connectivity index (χ1) is 2.56. The summed E-state index contributed by atoms with van der Waals surface area (Å²) in [5.41, 5.74) is 9.55. The molecule has 2 heteroatoms. The molecular weight excluding hydrogens is 52.0 g/mol.